The van der Waals surface area contributed by atoms with E-state index < -0.39 is 0 Å². The zero-order valence-corrected chi connectivity index (χ0v) is 12.9. The third-order valence-electron chi connectivity index (χ3n) is 4.09. The summed E-state index contributed by atoms with van der Waals surface area (Å²) in [6.45, 7) is 1.81. The highest BCUT2D eigenvalue weighted by Crippen LogP contribution is 2.25. The predicted octanol–water partition coefficient (Wildman–Crippen LogP) is 1.58. The van der Waals surface area contributed by atoms with E-state index in [2.05, 4.69) is 10.4 Å². The molecule has 0 spiro atoms. The van der Waals surface area contributed by atoms with Crippen molar-refractivity contribution in [2.24, 2.45) is 13.0 Å². The molecule has 1 amide bonds. The molecule has 1 saturated carbocycles. The monoisotopic (exact) mass is 293 g/mol. The smallest absolute Gasteiger partial charge is 0.310 e. The number of amides is 1. The Bertz CT molecular complexity index is 524. The summed E-state index contributed by atoms with van der Waals surface area (Å²) in [5.41, 5.74) is 1.25. The molecule has 0 aromatic carbocycles. The number of hydrogen-bond donors (Lipinski definition) is 1. The van der Waals surface area contributed by atoms with Gasteiger partial charge in [-0.25, -0.2) is 0 Å². The van der Waals surface area contributed by atoms with E-state index in [-0.39, 0.29) is 23.8 Å². The number of carbonyl (C=O) groups is 2. The standard InChI is InChI=1S/C15H23N3O3/c1-10-12(9-18(2)17-10)14(19)16-13-8-6-4-5-7-11(13)15(20)21-3/h9,11,13H,4-8H2,1-3H3,(H,16,19)/t11-,13+/m0/s1. The highest BCUT2D eigenvalue weighted by molar-refractivity contribution is 5.95. The molecule has 0 saturated heterocycles. The van der Waals surface area contributed by atoms with E-state index in [0.29, 0.717) is 11.3 Å². The summed E-state index contributed by atoms with van der Waals surface area (Å²) in [5, 5.41) is 7.18. The highest BCUT2D eigenvalue weighted by Gasteiger charge is 2.32. The largest absolute Gasteiger partial charge is 0.469 e. The summed E-state index contributed by atoms with van der Waals surface area (Å²) >= 11 is 0. The van der Waals surface area contributed by atoms with Gasteiger partial charge in [0, 0.05) is 19.3 Å². The summed E-state index contributed by atoms with van der Waals surface area (Å²) in [6, 6.07) is -0.160. The molecule has 6 heteroatoms. The molecule has 1 aromatic rings. The molecule has 1 fully saturated rings. The van der Waals surface area contributed by atoms with Crippen LogP contribution in [0.5, 0.6) is 0 Å². The van der Waals surface area contributed by atoms with Gasteiger partial charge in [0.2, 0.25) is 0 Å². The summed E-state index contributed by atoms with van der Waals surface area (Å²) in [4.78, 5) is 24.3. The van der Waals surface area contributed by atoms with E-state index in [1.165, 1.54) is 7.11 Å². The first-order valence-corrected chi connectivity index (χ1v) is 7.42. The van der Waals surface area contributed by atoms with E-state index >= 15 is 0 Å². The molecule has 0 aliphatic heterocycles. The second-order valence-corrected chi connectivity index (χ2v) is 5.65. The Morgan fingerprint density at radius 1 is 1.33 bits per heavy atom. The number of aromatic nitrogens is 2. The van der Waals surface area contributed by atoms with Crippen molar-refractivity contribution in [2.75, 3.05) is 7.11 Å². The number of aryl methyl sites for hydroxylation is 2. The maximum absolute atomic E-state index is 12.4. The third-order valence-corrected chi connectivity index (χ3v) is 4.09. The number of esters is 1. The summed E-state index contributed by atoms with van der Waals surface area (Å²) < 4.78 is 6.50. The molecule has 0 unspecified atom stereocenters. The van der Waals surface area contributed by atoms with Crippen LogP contribution in [0.3, 0.4) is 0 Å². The number of nitrogens with one attached hydrogen (secondary N) is 1. The molecule has 1 aliphatic rings. The lowest BCUT2D eigenvalue weighted by atomic mass is 9.94. The predicted molar refractivity (Wildman–Crippen MR) is 77.8 cm³/mol. The van der Waals surface area contributed by atoms with Gasteiger partial charge in [-0.2, -0.15) is 5.10 Å². The molecule has 0 bridgehead atoms. The van der Waals surface area contributed by atoms with Crippen molar-refractivity contribution < 1.29 is 14.3 Å². The minimum absolute atomic E-state index is 0.160. The highest BCUT2D eigenvalue weighted by atomic mass is 16.5. The number of hydrogen-bond acceptors (Lipinski definition) is 4. The van der Waals surface area contributed by atoms with Crippen LogP contribution in [-0.4, -0.2) is 34.8 Å². The SMILES string of the molecule is COC(=O)[C@H]1CCCCC[C@H]1NC(=O)c1cn(C)nc1C. The molecule has 21 heavy (non-hydrogen) atoms. The lowest BCUT2D eigenvalue weighted by molar-refractivity contribution is -0.146. The quantitative estimate of drug-likeness (QED) is 0.678. The third kappa shape index (κ3) is 3.62. The fourth-order valence-corrected chi connectivity index (χ4v) is 2.98. The van der Waals surface area contributed by atoms with Crippen molar-refractivity contribution in [3.63, 3.8) is 0 Å². The average Bonchev–Trinajstić information content (AvgIpc) is 2.65. The van der Waals surface area contributed by atoms with Gasteiger partial charge in [-0.3, -0.25) is 14.3 Å². The van der Waals surface area contributed by atoms with Gasteiger partial charge < -0.3 is 10.1 Å². The van der Waals surface area contributed by atoms with Crippen LogP contribution in [-0.2, 0) is 16.6 Å². The number of carbonyl (C=O) groups excluding carboxylic acids is 2. The van der Waals surface area contributed by atoms with E-state index in [0.717, 1.165) is 32.1 Å². The van der Waals surface area contributed by atoms with E-state index in [9.17, 15) is 9.59 Å². The molecular formula is C15H23N3O3. The van der Waals surface area contributed by atoms with Crippen molar-refractivity contribution in [3.8, 4) is 0 Å². The fourth-order valence-electron chi connectivity index (χ4n) is 2.98. The van der Waals surface area contributed by atoms with Crippen LogP contribution in [0.2, 0.25) is 0 Å². The lowest BCUT2D eigenvalue weighted by Crippen LogP contribution is -2.43. The number of ether oxygens (including phenoxy) is 1. The maximum Gasteiger partial charge on any atom is 0.310 e. The minimum atomic E-state index is -0.251. The molecule has 6 nitrogen and oxygen atoms in total. The molecule has 1 heterocycles. The van der Waals surface area contributed by atoms with Crippen molar-refractivity contribution in [2.45, 2.75) is 45.1 Å². The zero-order valence-electron chi connectivity index (χ0n) is 12.9. The van der Waals surface area contributed by atoms with Crippen LogP contribution < -0.4 is 5.32 Å². The molecule has 1 aliphatic carbocycles. The minimum Gasteiger partial charge on any atom is -0.469 e. The average molecular weight is 293 g/mol. The molecule has 0 radical (unpaired) electrons. The van der Waals surface area contributed by atoms with Crippen LogP contribution in [0.1, 0.15) is 48.2 Å². The van der Waals surface area contributed by atoms with Crippen molar-refractivity contribution in [1.82, 2.24) is 15.1 Å². The van der Waals surface area contributed by atoms with Crippen molar-refractivity contribution in [3.05, 3.63) is 17.5 Å². The van der Waals surface area contributed by atoms with Crippen LogP contribution in [0.4, 0.5) is 0 Å². The molecule has 116 valence electrons. The number of nitrogens with zero attached hydrogens (tertiary/aromatic N) is 2. The van der Waals surface area contributed by atoms with Gasteiger partial charge >= 0.3 is 5.97 Å². The first kappa shape index (κ1) is 15.5. The summed E-state index contributed by atoms with van der Waals surface area (Å²) in [7, 11) is 3.18. The molecule has 2 rings (SSSR count). The molecule has 2 atom stereocenters. The second kappa shape index (κ2) is 6.74. The Morgan fingerprint density at radius 3 is 2.67 bits per heavy atom. The van der Waals surface area contributed by atoms with Crippen LogP contribution in [0.25, 0.3) is 0 Å². The number of rotatable bonds is 3. The maximum atomic E-state index is 12.4. The topological polar surface area (TPSA) is 73.2 Å². The van der Waals surface area contributed by atoms with E-state index in [1.54, 1.807) is 24.9 Å². The molecular weight excluding hydrogens is 270 g/mol. The lowest BCUT2D eigenvalue weighted by Gasteiger charge is -2.24. The van der Waals surface area contributed by atoms with Gasteiger partial charge in [0.05, 0.1) is 24.3 Å². The Kier molecular flexibility index (Phi) is 4.98. The molecule has 1 N–H and O–H groups in total. The first-order chi connectivity index (χ1) is 10.0. The fraction of sp³-hybridized carbons (Fsp3) is 0.667. The van der Waals surface area contributed by atoms with E-state index in [1.807, 2.05) is 0 Å². The van der Waals surface area contributed by atoms with Crippen LogP contribution in [0, 0.1) is 12.8 Å². The van der Waals surface area contributed by atoms with Gasteiger partial charge in [-0.15, -0.1) is 0 Å². The van der Waals surface area contributed by atoms with Crippen molar-refractivity contribution >= 4 is 11.9 Å². The van der Waals surface area contributed by atoms with Gasteiger partial charge in [0.1, 0.15) is 0 Å². The van der Waals surface area contributed by atoms with Crippen LogP contribution in [0.15, 0.2) is 6.20 Å². The summed E-state index contributed by atoms with van der Waals surface area (Å²) in [6.07, 6.45) is 6.39. The van der Waals surface area contributed by atoms with Gasteiger partial charge in [0.25, 0.3) is 5.91 Å². The summed E-state index contributed by atoms with van der Waals surface area (Å²) in [5.74, 6) is -0.648. The van der Waals surface area contributed by atoms with Gasteiger partial charge in [-0.1, -0.05) is 19.3 Å². The Balaban J connectivity index is 2.12. The van der Waals surface area contributed by atoms with Gasteiger partial charge in [0.15, 0.2) is 0 Å². The van der Waals surface area contributed by atoms with Crippen molar-refractivity contribution in [1.29, 1.82) is 0 Å². The zero-order chi connectivity index (χ0) is 15.4. The van der Waals surface area contributed by atoms with Crippen LogP contribution >= 0.6 is 0 Å². The number of methoxy groups -OCH3 is 1. The Hall–Kier alpha value is -1.85. The first-order valence-electron chi connectivity index (χ1n) is 7.42. The van der Waals surface area contributed by atoms with E-state index in [4.69, 9.17) is 4.74 Å². The molecule has 1 aromatic heterocycles. The Labute approximate surface area is 124 Å². The normalized spacial score (nSPS) is 22.4. The second-order valence-electron chi connectivity index (χ2n) is 5.65. The Morgan fingerprint density at radius 2 is 2.05 bits per heavy atom. The van der Waals surface area contributed by atoms with Gasteiger partial charge in [-0.05, 0) is 19.8 Å².